The molecule has 0 bridgehead atoms. The molecular formula is C39H23N3O2. The summed E-state index contributed by atoms with van der Waals surface area (Å²) in [5.74, 6) is 1.82. The molecule has 0 N–H and O–H groups in total. The van der Waals surface area contributed by atoms with Gasteiger partial charge in [0.25, 0.3) is 0 Å². The first-order chi connectivity index (χ1) is 21.8. The van der Waals surface area contributed by atoms with Gasteiger partial charge in [-0.3, -0.25) is 0 Å². The van der Waals surface area contributed by atoms with E-state index in [2.05, 4.69) is 36.4 Å². The highest BCUT2D eigenvalue weighted by Gasteiger charge is 2.21. The zero-order chi connectivity index (χ0) is 29.0. The van der Waals surface area contributed by atoms with E-state index < -0.39 is 0 Å². The van der Waals surface area contributed by atoms with Gasteiger partial charge in [0.2, 0.25) is 0 Å². The minimum Gasteiger partial charge on any atom is -0.456 e. The van der Waals surface area contributed by atoms with Crippen molar-refractivity contribution in [1.29, 1.82) is 0 Å². The van der Waals surface area contributed by atoms with Crippen LogP contribution in [0.4, 0.5) is 0 Å². The summed E-state index contributed by atoms with van der Waals surface area (Å²) in [5, 5.41) is 4.13. The third-order valence-electron chi connectivity index (χ3n) is 8.16. The third-order valence-corrected chi connectivity index (χ3v) is 8.16. The fourth-order valence-electron chi connectivity index (χ4n) is 6.17. The SMILES string of the molecule is c1ccc(-c2nc(-c3ccccc3)nc(-c3cccc4oc5cccc(-c6cccc7c6oc6ccccc67)c5c34)n2)cc1. The van der Waals surface area contributed by atoms with Gasteiger partial charge >= 0.3 is 0 Å². The minimum absolute atomic E-state index is 0.586. The fourth-order valence-corrected chi connectivity index (χ4v) is 6.17. The number of nitrogens with zero attached hydrogens (tertiary/aromatic N) is 3. The van der Waals surface area contributed by atoms with Gasteiger partial charge in [-0.1, -0.05) is 121 Å². The van der Waals surface area contributed by atoms with E-state index in [1.807, 2.05) is 103 Å². The topological polar surface area (TPSA) is 65.0 Å². The summed E-state index contributed by atoms with van der Waals surface area (Å²) in [5.41, 5.74) is 8.04. The van der Waals surface area contributed by atoms with Crippen LogP contribution in [0, 0.1) is 0 Å². The molecule has 0 fully saturated rings. The number of rotatable bonds is 4. The Labute approximate surface area is 252 Å². The summed E-state index contributed by atoms with van der Waals surface area (Å²) < 4.78 is 12.9. The van der Waals surface area contributed by atoms with Crippen molar-refractivity contribution in [2.45, 2.75) is 0 Å². The second-order valence-corrected chi connectivity index (χ2v) is 10.8. The first kappa shape index (κ1) is 24.5. The zero-order valence-corrected chi connectivity index (χ0v) is 23.4. The van der Waals surface area contributed by atoms with Gasteiger partial charge in [-0.15, -0.1) is 0 Å². The summed E-state index contributed by atoms with van der Waals surface area (Å²) >= 11 is 0. The van der Waals surface area contributed by atoms with Crippen molar-refractivity contribution in [3.8, 4) is 45.3 Å². The Morgan fingerprint density at radius 3 is 1.55 bits per heavy atom. The van der Waals surface area contributed by atoms with Crippen LogP contribution >= 0.6 is 0 Å². The Morgan fingerprint density at radius 1 is 0.341 bits per heavy atom. The van der Waals surface area contributed by atoms with E-state index in [9.17, 15) is 0 Å². The largest absolute Gasteiger partial charge is 0.456 e. The first-order valence-electron chi connectivity index (χ1n) is 14.5. The summed E-state index contributed by atoms with van der Waals surface area (Å²) in [6.07, 6.45) is 0. The Balaban J connectivity index is 1.34. The van der Waals surface area contributed by atoms with Gasteiger partial charge in [0.05, 0.1) is 0 Å². The maximum Gasteiger partial charge on any atom is 0.164 e. The van der Waals surface area contributed by atoms with Crippen LogP contribution in [0.25, 0.3) is 89.2 Å². The lowest BCUT2D eigenvalue weighted by Gasteiger charge is -2.10. The lowest BCUT2D eigenvalue weighted by atomic mass is 9.95. The van der Waals surface area contributed by atoms with Gasteiger partial charge < -0.3 is 8.83 Å². The first-order valence-corrected chi connectivity index (χ1v) is 14.5. The average Bonchev–Trinajstić information content (AvgIpc) is 3.68. The number of furan rings is 2. The molecule has 0 atom stereocenters. The van der Waals surface area contributed by atoms with E-state index in [1.54, 1.807) is 0 Å². The van der Waals surface area contributed by atoms with Gasteiger partial charge in [0.1, 0.15) is 22.3 Å². The summed E-state index contributed by atoms with van der Waals surface area (Å²) in [6, 6.07) is 46.8. The van der Waals surface area contributed by atoms with E-state index in [0.29, 0.717) is 17.5 Å². The molecule has 0 saturated heterocycles. The van der Waals surface area contributed by atoms with Crippen molar-refractivity contribution in [3.05, 3.63) is 140 Å². The van der Waals surface area contributed by atoms with Gasteiger partial charge in [-0.25, -0.2) is 15.0 Å². The average molecular weight is 566 g/mol. The van der Waals surface area contributed by atoms with Crippen LogP contribution in [0.3, 0.4) is 0 Å². The monoisotopic (exact) mass is 565 g/mol. The van der Waals surface area contributed by atoms with Crippen LogP contribution in [0.1, 0.15) is 0 Å². The van der Waals surface area contributed by atoms with Gasteiger partial charge in [-0.05, 0) is 23.8 Å². The lowest BCUT2D eigenvalue weighted by molar-refractivity contribution is 0.668. The van der Waals surface area contributed by atoms with E-state index >= 15 is 0 Å². The molecule has 44 heavy (non-hydrogen) atoms. The second-order valence-electron chi connectivity index (χ2n) is 10.8. The number of para-hydroxylation sites is 2. The standard InChI is InChI=1S/C39H23N3O2/c1-3-12-24(13-4-1)37-40-38(25-14-5-2-6-15-25)42-39(41-37)30-20-11-23-33-35(30)34-27(17-10-22-32(34)43-33)29-19-9-18-28-26-16-7-8-21-31(26)44-36(28)29/h1-23H. The van der Waals surface area contributed by atoms with Gasteiger partial charge in [-0.2, -0.15) is 0 Å². The fraction of sp³-hybridized carbons (Fsp3) is 0. The van der Waals surface area contributed by atoms with Crippen molar-refractivity contribution < 1.29 is 8.83 Å². The number of hydrogen-bond donors (Lipinski definition) is 0. The molecule has 0 aliphatic carbocycles. The number of aromatic nitrogens is 3. The lowest BCUT2D eigenvalue weighted by Crippen LogP contribution is -2.00. The molecule has 0 spiro atoms. The predicted molar refractivity (Wildman–Crippen MR) is 176 cm³/mol. The molecule has 0 aliphatic rings. The van der Waals surface area contributed by atoms with Crippen LogP contribution < -0.4 is 0 Å². The van der Waals surface area contributed by atoms with E-state index in [0.717, 1.165) is 71.7 Å². The molecule has 0 radical (unpaired) electrons. The highest BCUT2D eigenvalue weighted by Crippen LogP contribution is 2.44. The van der Waals surface area contributed by atoms with E-state index in [-0.39, 0.29) is 0 Å². The van der Waals surface area contributed by atoms with Gasteiger partial charge in [0.15, 0.2) is 17.5 Å². The molecule has 3 aromatic heterocycles. The molecular weight excluding hydrogens is 542 g/mol. The molecule has 9 rings (SSSR count). The molecule has 5 heteroatoms. The van der Waals surface area contributed by atoms with Crippen LogP contribution in [-0.4, -0.2) is 15.0 Å². The maximum absolute atomic E-state index is 6.48. The van der Waals surface area contributed by atoms with E-state index in [1.165, 1.54) is 0 Å². The summed E-state index contributed by atoms with van der Waals surface area (Å²) in [6.45, 7) is 0. The Hall–Kier alpha value is -6.07. The predicted octanol–water partition coefficient (Wildman–Crippen LogP) is 10.3. The Morgan fingerprint density at radius 2 is 0.841 bits per heavy atom. The second kappa shape index (κ2) is 9.75. The smallest absolute Gasteiger partial charge is 0.164 e. The van der Waals surface area contributed by atoms with Gasteiger partial charge in [0, 0.05) is 43.8 Å². The summed E-state index contributed by atoms with van der Waals surface area (Å²) in [4.78, 5) is 15.0. The maximum atomic E-state index is 6.48. The van der Waals surface area contributed by atoms with E-state index in [4.69, 9.17) is 23.8 Å². The number of fused-ring (bicyclic) bond motifs is 6. The van der Waals surface area contributed by atoms with Crippen molar-refractivity contribution in [2.24, 2.45) is 0 Å². The third kappa shape index (κ3) is 3.83. The molecule has 0 saturated carbocycles. The molecule has 0 unspecified atom stereocenters. The molecule has 9 aromatic rings. The molecule has 6 aromatic carbocycles. The van der Waals surface area contributed by atoms with Crippen LogP contribution in [0.2, 0.25) is 0 Å². The Kier molecular flexibility index (Phi) is 5.43. The van der Waals surface area contributed by atoms with Crippen LogP contribution in [0.5, 0.6) is 0 Å². The molecule has 0 aliphatic heterocycles. The molecule has 3 heterocycles. The molecule has 206 valence electrons. The van der Waals surface area contributed by atoms with Crippen LogP contribution in [0.15, 0.2) is 148 Å². The highest BCUT2D eigenvalue weighted by molar-refractivity contribution is 6.20. The molecule has 5 nitrogen and oxygen atoms in total. The summed E-state index contributed by atoms with van der Waals surface area (Å²) in [7, 11) is 0. The Bertz CT molecular complexity index is 2440. The van der Waals surface area contributed by atoms with Crippen molar-refractivity contribution in [2.75, 3.05) is 0 Å². The van der Waals surface area contributed by atoms with Crippen molar-refractivity contribution in [3.63, 3.8) is 0 Å². The van der Waals surface area contributed by atoms with Crippen molar-refractivity contribution in [1.82, 2.24) is 15.0 Å². The quantitative estimate of drug-likeness (QED) is 0.212. The zero-order valence-electron chi connectivity index (χ0n) is 23.4. The number of benzene rings is 6. The number of hydrogen-bond acceptors (Lipinski definition) is 5. The van der Waals surface area contributed by atoms with Crippen LogP contribution in [-0.2, 0) is 0 Å². The molecule has 0 amide bonds. The van der Waals surface area contributed by atoms with Crippen molar-refractivity contribution >= 4 is 43.9 Å². The minimum atomic E-state index is 0.586. The normalized spacial score (nSPS) is 11.6. The highest BCUT2D eigenvalue weighted by atomic mass is 16.3.